The van der Waals surface area contributed by atoms with Crippen molar-refractivity contribution in [2.75, 3.05) is 27.4 Å². The summed E-state index contributed by atoms with van der Waals surface area (Å²) in [5.41, 5.74) is 0. The van der Waals surface area contributed by atoms with Crippen LogP contribution in [0.25, 0.3) is 0 Å². The van der Waals surface area contributed by atoms with E-state index in [0.29, 0.717) is 25.0 Å². The lowest BCUT2D eigenvalue weighted by Crippen LogP contribution is -2.33. The summed E-state index contributed by atoms with van der Waals surface area (Å²) in [4.78, 5) is 0. The van der Waals surface area contributed by atoms with Gasteiger partial charge in [0.05, 0.1) is 0 Å². The maximum Gasteiger partial charge on any atom is 0.0459 e. The number of rotatable bonds is 2. The Labute approximate surface area is 111 Å². The van der Waals surface area contributed by atoms with Crippen molar-refractivity contribution in [2.24, 2.45) is 23.7 Å². The normalized spacial score (nSPS) is 34.3. The van der Waals surface area contributed by atoms with Gasteiger partial charge in [-0.1, -0.05) is 0 Å². The molecule has 0 aromatic carbocycles. The van der Waals surface area contributed by atoms with Crippen molar-refractivity contribution in [3.05, 3.63) is 0 Å². The first-order valence-corrected chi connectivity index (χ1v) is 6.94. The number of aliphatic hydroxyl groups is 4. The molecule has 110 valence electrons. The van der Waals surface area contributed by atoms with E-state index in [1.54, 1.807) is 0 Å². The van der Waals surface area contributed by atoms with Crippen molar-refractivity contribution < 1.29 is 20.4 Å². The topological polar surface area (TPSA) is 80.9 Å². The second-order valence-corrected chi connectivity index (χ2v) is 5.24. The summed E-state index contributed by atoms with van der Waals surface area (Å²) in [7, 11) is 2.00. The van der Waals surface area contributed by atoms with Crippen molar-refractivity contribution in [3.63, 3.8) is 0 Å². The fraction of sp³-hybridized carbons (Fsp3) is 1.00. The van der Waals surface area contributed by atoms with E-state index in [0.717, 1.165) is 26.1 Å². The minimum Gasteiger partial charge on any atom is -0.400 e. The Hall–Kier alpha value is -0.160. The highest BCUT2D eigenvalue weighted by Gasteiger charge is 2.34. The average Bonchev–Trinajstić information content (AvgIpc) is 2.50. The number of hydrogen-bond donors (Lipinski definition) is 4. The van der Waals surface area contributed by atoms with Gasteiger partial charge in [0.2, 0.25) is 0 Å². The molecule has 0 aliphatic heterocycles. The molecule has 2 rings (SSSR count). The zero-order valence-corrected chi connectivity index (χ0v) is 11.8. The lowest BCUT2D eigenvalue weighted by atomic mass is 9.65. The first-order chi connectivity index (χ1) is 8.83. The van der Waals surface area contributed by atoms with Crippen LogP contribution in [0.5, 0.6) is 0 Å². The zero-order valence-electron chi connectivity index (χ0n) is 11.8. The van der Waals surface area contributed by atoms with Gasteiger partial charge in [0, 0.05) is 27.4 Å². The second kappa shape index (κ2) is 10.7. The molecule has 0 aromatic heterocycles. The third-order valence-electron chi connectivity index (χ3n) is 4.35. The molecule has 0 saturated heterocycles. The van der Waals surface area contributed by atoms with Crippen LogP contribution in [0.1, 0.15) is 38.5 Å². The van der Waals surface area contributed by atoms with Gasteiger partial charge in [-0.2, -0.15) is 0 Å². The van der Waals surface area contributed by atoms with Gasteiger partial charge in [0.1, 0.15) is 0 Å². The Balaban J connectivity index is 0.000000659. The predicted molar refractivity (Wildman–Crippen MR) is 72.1 cm³/mol. The molecule has 4 atom stereocenters. The van der Waals surface area contributed by atoms with E-state index in [1.807, 2.05) is 0 Å². The second-order valence-electron chi connectivity index (χ2n) is 5.24. The number of fused-ring (bicyclic) bond motifs is 1. The molecule has 0 amide bonds. The summed E-state index contributed by atoms with van der Waals surface area (Å²) < 4.78 is 0. The van der Waals surface area contributed by atoms with Gasteiger partial charge in [0.25, 0.3) is 0 Å². The summed E-state index contributed by atoms with van der Waals surface area (Å²) in [5.74, 6) is 2.84. The minimum atomic E-state index is 0.382. The van der Waals surface area contributed by atoms with E-state index >= 15 is 0 Å². The molecule has 2 aliphatic carbocycles. The lowest BCUT2D eigenvalue weighted by Gasteiger charge is -2.41. The van der Waals surface area contributed by atoms with E-state index in [2.05, 4.69) is 0 Å². The molecule has 18 heavy (non-hydrogen) atoms. The van der Waals surface area contributed by atoms with Crippen molar-refractivity contribution >= 4 is 0 Å². The Kier molecular flexibility index (Phi) is 10.6. The van der Waals surface area contributed by atoms with Crippen LogP contribution in [0, 0.1) is 23.7 Å². The smallest absolute Gasteiger partial charge is 0.0459 e. The van der Waals surface area contributed by atoms with Gasteiger partial charge in [-0.3, -0.25) is 0 Å². The van der Waals surface area contributed by atoms with Crippen LogP contribution in [-0.2, 0) is 0 Å². The molecule has 2 fully saturated rings. The van der Waals surface area contributed by atoms with Crippen molar-refractivity contribution in [2.45, 2.75) is 38.5 Å². The molecule has 2 aliphatic rings. The molecular weight excluding hydrogens is 232 g/mol. The third-order valence-corrected chi connectivity index (χ3v) is 4.35. The molecule has 4 nitrogen and oxygen atoms in total. The van der Waals surface area contributed by atoms with Gasteiger partial charge in [0.15, 0.2) is 0 Å². The number of hydrogen-bond acceptors (Lipinski definition) is 4. The molecule has 0 radical (unpaired) electrons. The van der Waals surface area contributed by atoms with Gasteiger partial charge in [-0.15, -0.1) is 0 Å². The highest BCUT2D eigenvalue weighted by molar-refractivity contribution is 4.85. The quantitative estimate of drug-likeness (QED) is 0.599. The molecule has 2 saturated carbocycles. The van der Waals surface area contributed by atoms with Crippen LogP contribution in [0.15, 0.2) is 0 Å². The van der Waals surface area contributed by atoms with Crippen LogP contribution < -0.4 is 0 Å². The summed E-state index contributed by atoms with van der Waals surface area (Å²) >= 11 is 0. The Morgan fingerprint density at radius 3 is 1.28 bits per heavy atom. The minimum absolute atomic E-state index is 0.382. The summed E-state index contributed by atoms with van der Waals surface area (Å²) in [6, 6.07) is 0. The van der Waals surface area contributed by atoms with Gasteiger partial charge in [-0.05, 0) is 62.2 Å². The fourth-order valence-electron chi connectivity index (χ4n) is 3.42. The maximum atomic E-state index is 9.14. The number of aliphatic hydroxyl groups excluding tert-OH is 4. The molecule has 4 N–H and O–H groups in total. The van der Waals surface area contributed by atoms with Crippen molar-refractivity contribution in [1.82, 2.24) is 0 Å². The van der Waals surface area contributed by atoms with Crippen LogP contribution in [0.2, 0.25) is 0 Å². The van der Waals surface area contributed by atoms with Crippen LogP contribution in [0.4, 0.5) is 0 Å². The van der Waals surface area contributed by atoms with E-state index in [4.69, 9.17) is 20.4 Å². The predicted octanol–water partition coefficient (Wildman–Crippen LogP) is 1.02. The first kappa shape index (κ1) is 17.8. The van der Waals surface area contributed by atoms with E-state index in [-0.39, 0.29) is 0 Å². The summed E-state index contributed by atoms with van der Waals surface area (Å²) in [6.07, 6.45) is 7.45. The molecule has 0 heterocycles. The molecule has 4 unspecified atom stereocenters. The highest BCUT2D eigenvalue weighted by atomic mass is 16.3. The standard InChI is InChI=1S/C12H22O2.2CH4O/c13-7-9-1-3-11-6-10(8-14)2-4-12(11)5-9;2*1-2/h9-14H,1-8H2;2*2H,1H3. The molecule has 4 heteroatoms. The lowest BCUT2D eigenvalue weighted by molar-refractivity contribution is 0.0546. The average molecular weight is 262 g/mol. The van der Waals surface area contributed by atoms with Crippen molar-refractivity contribution in [1.29, 1.82) is 0 Å². The Morgan fingerprint density at radius 2 is 1.00 bits per heavy atom. The van der Waals surface area contributed by atoms with Gasteiger partial charge in [-0.25, -0.2) is 0 Å². The largest absolute Gasteiger partial charge is 0.400 e. The van der Waals surface area contributed by atoms with E-state index < -0.39 is 0 Å². The molecule has 0 aromatic rings. The monoisotopic (exact) mass is 262 g/mol. The fourth-order valence-corrected chi connectivity index (χ4v) is 3.42. The van der Waals surface area contributed by atoms with Gasteiger partial charge < -0.3 is 20.4 Å². The Morgan fingerprint density at radius 1 is 0.667 bits per heavy atom. The summed E-state index contributed by atoms with van der Waals surface area (Å²) in [6.45, 7) is 0.763. The first-order valence-electron chi connectivity index (χ1n) is 6.94. The molecule has 0 spiro atoms. The van der Waals surface area contributed by atoms with Crippen molar-refractivity contribution in [3.8, 4) is 0 Å². The van der Waals surface area contributed by atoms with Crippen LogP contribution in [-0.4, -0.2) is 47.9 Å². The zero-order chi connectivity index (χ0) is 14.0. The van der Waals surface area contributed by atoms with E-state index in [9.17, 15) is 0 Å². The maximum absolute atomic E-state index is 9.14. The van der Waals surface area contributed by atoms with E-state index in [1.165, 1.54) is 38.5 Å². The third kappa shape index (κ3) is 5.22. The Bertz CT molecular complexity index is 167. The van der Waals surface area contributed by atoms with Crippen LogP contribution >= 0.6 is 0 Å². The van der Waals surface area contributed by atoms with Gasteiger partial charge >= 0.3 is 0 Å². The SMILES string of the molecule is CO.CO.OCC1CCC2CC(CO)CCC2C1. The summed E-state index contributed by atoms with van der Waals surface area (Å²) in [5, 5.41) is 32.3. The molecular formula is C14H30O4. The van der Waals surface area contributed by atoms with Crippen LogP contribution in [0.3, 0.4) is 0 Å². The highest BCUT2D eigenvalue weighted by Crippen LogP contribution is 2.44. The molecule has 0 bridgehead atoms.